The summed E-state index contributed by atoms with van der Waals surface area (Å²) in [7, 11) is 2.06. The Balaban J connectivity index is 1.24. The summed E-state index contributed by atoms with van der Waals surface area (Å²) in [6.07, 6.45) is 14.1. The first kappa shape index (κ1) is 24.0. The fourth-order valence-electron chi connectivity index (χ4n) is 5.73. The van der Waals surface area contributed by atoms with Gasteiger partial charge in [0.05, 0.1) is 13.1 Å². The molecule has 2 aliphatic rings. The second kappa shape index (κ2) is 10.8. The van der Waals surface area contributed by atoms with E-state index in [1.54, 1.807) is 6.20 Å². The Morgan fingerprint density at radius 2 is 1.88 bits per heavy atom. The third kappa shape index (κ3) is 5.84. The highest BCUT2D eigenvalue weighted by Crippen LogP contribution is 2.41. The molecular formula is C25H41N7O. The maximum absolute atomic E-state index is 13.0. The molecule has 1 amide bonds. The smallest absolute Gasteiger partial charge is 0.224 e. The number of nitrogens with one attached hydrogen (secondary N) is 1. The maximum atomic E-state index is 13.0. The molecule has 4 rings (SSSR count). The minimum absolute atomic E-state index is 0.290. The number of carbonyl (C=O) groups is 1. The van der Waals surface area contributed by atoms with Crippen LogP contribution in [-0.4, -0.2) is 79.4 Å². The van der Waals surface area contributed by atoms with Crippen molar-refractivity contribution in [2.75, 3.05) is 33.2 Å². The number of piperidine rings is 1. The molecule has 0 radical (unpaired) electrons. The van der Waals surface area contributed by atoms with Crippen LogP contribution in [0.15, 0.2) is 24.8 Å². The minimum atomic E-state index is 0.290. The number of rotatable bonds is 10. The van der Waals surface area contributed by atoms with Crippen molar-refractivity contribution in [3.05, 3.63) is 36.4 Å². The van der Waals surface area contributed by atoms with Crippen molar-refractivity contribution in [3.8, 4) is 0 Å². The third-order valence-electron chi connectivity index (χ3n) is 7.86. The highest BCUT2D eigenvalue weighted by atomic mass is 16.2. The van der Waals surface area contributed by atoms with Crippen LogP contribution in [-0.2, 0) is 24.4 Å². The predicted molar refractivity (Wildman–Crippen MR) is 129 cm³/mol. The Labute approximate surface area is 198 Å². The van der Waals surface area contributed by atoms with Gasteiger partial charge in [0.15, 0.2) is 0 Å². The van der Waals surface area contributed by atoms with Crippen molar-refractivity contribution < 1.29 is 4.79 Å². The maximum Gasteiger partial charge on any atom is 0.224 e. The summed E-state index contributed by atoms with van der Waals surface area (Å²) in [5.41, 5.74) is 0.354. The van der Waals surface area contributed by atoms with Crippen LogP contribution < -0.4 is 0 Å². The van der Waals surface area contributed by atoms with E-state index in [0.29, 0.717) is 18.4 Å². The molecule has 0 saturated carbocycles. The molecule has 1 N–H and O–H groups in total. The quantitative estimate of drug-likeness (QED) is 0.596. The molecule has 2 fully saturated rings. The second-order valence-electron chi connectivity index (χ2n) is 10.1. The Morgan fingerprint density at radius 1 is 1.12 bits per heavy atom. The monoisotopic (exact) mass is 455 g/mol. The fraction of sp³-hybridized carbons (Fsp3) is 0.720. The van der Waals surface area contributed by atoms with Gasteiger partial charge in [-0.15, -0.1) is 0 Å². The van der Waals surface area contributed by atoms with Gasteiger partial charge in [-0.1, -0.05) is 13.8 Å². The Morgan fingerprint density at radius 3 is 2.58 bits per heavy atom. The van der Waals surface area contributed by atoms with E-state index in [0.717, 1.165) is 43.9 Å². The first-order chi connectivity index (χ1) is 16.0. The van der Waals surface area contributed by atoms with Crippen molar-refractivity contribution in [2.45, 2.75) is 78.0 Å². The Hall–Kier alpha value is -2.19. The third-order valence-corrected chi connectivity index (χ3v) is 7.86. The number of H-pyrrole nitrogens is 1. The lowest BCUT2D eigenvalue weighted by Gasteiger charge is -2.42. The van der Waals surface area contributed by atoms with Crippen LogP contribution in [0.1, 0.15) is 64.0 Å². The number of imidazole rings is 2. The van der Waals surface area contributed by atoms with E-state index in [9.17, 15) is 4.79 Å². The molecule has 0 atom stereocenters. The lowest BCUT2D eigenvalue weighted by Crippen LogP contribution is -2.46. The van der Waals surface area contributed by atoms with Gasteiger partial charge in [-0.3, -0.25) is 9.69 Å². The van der Waals surface area contributed by atoms with Crippen LogP contribution in [0.4, 0.5) is 0 Å². The number of likely N-dealkylation sites (tertiary alicyclic amines) is 2. The van der Waals surface area contributed by atoms with Gasteiger partial charge in [0.2, 0.25) is 5.91 Å². The largest absolute Gasteiger partial charge is 0.348 e. The van der Waals surface area contributed by atoms with Gasteiger partial charge in [-0.25, -0.2) is 9.97 Å². The summed E-state index contributed by atoms with van der Waals surface area (Å²) >= 11 is 0. The van der Waals surface area contributed by atoms with Gasteiger partial charge in [-0.2, -0.15) is 0 Å². The van der Waals surface area contributed by atoms with Crippen LogP contribution in [0.2, 0.25) is 0 Å². The van der Waals surface area contributed by atoms with Crippen LogP contribution >= 0.6 is 0 Å². The van der Waals surface area contributed by atoms with Crippen molar-refractivity contribution >= 4 is 5.91 Å². The number of aromatic nitrogens is 4. The molecule has 33 heavy (non-hydrogen) atoms. The molecule has 0 unspecified atom stereocenters. The van der Waals surface area contributed by atoms with E-state index >= 15 is 0 Å². The minimum Gasteiger partial charge on any atom is -0.348 e. The first-order valence-electron chi connectivity index (χ1n) is 12.7. The van der Waals surface area contributed by atoms with E-state index in [2.05, 4.69) is 55.1 Å². The molecule has 8 heteroatoms. The molecule has 0 bridgehead atoms. The number of nitrogens with zero attached hydrogens (tertiary/aromatic N) is 6. The van der Waals surface area contributed by atoms with Gasteiger partial charge in [0.1, 0.15) is 11.6 Å². The lowest BCUT2D eigenvalue weighted by molar-refractivity contribution is -0.131. The lowest BCUT2D eigenvalue weighted by atomic mass is 9.77. The summed E-state index contributed by atoms with van der Waals surface area (Å²) in [5.74, 6) is 2.22. The van der Waals surface area contributed by atoms with E-state index in [4.69, 9.17) is 0 Å². The van der Waals surface area contributed by atoms with Gasteiger partial charge < -0.3 is 19.4 Å². The molecular weight excluding hydrogens is 414 g/mol. The molecule has 2 aromatic rings. The van der Waals surface area contributed by atoms with Gasteiger partial charge in [-0.05, 0) is 57.7 Å². The second-order valence-corrected chi connectivity index (χ2v) is 10.1. The number of carbonyl (C=O) groups excluding carboxylic acids is 1. The molecule has 8 nitrogen and oxygen atoms in total. The highest BCUT2D eigenvalue weighted by molar-refractivity contribution is 5.76. The molecule has 2 aliphatic heterocycles. The number of amides is 1. The summed E-state index contributed by atoms with van der Waals surface area (Å²) in [6.45, 7) is 11.0. The average Bonchev–Trinajstić information content (AvgIpc) is 3.57. The zero-order valence-corrected chi connectivity index (χ0v) is 20.7. The first-order valence-corrected chi connectivity index (χ1v) is 12.7. The van der Waals surface area contributed by atoms with Crippen LogP contribution in [0.5, 0.6) is 0 Å². The van der Waals surface area contributed by atoms with Crippen LogP contribution in [0.3, 0.4) is 0 Å². The topological polar surface area (TPSA) is 73.3 Å². The van der Waals surface area contributed by atoms with E-state index < -0.39 is 0 Å². The molecule has 1 spiro atoms. The van der Waals surface area contributed by atoms with Crippen molar-refractivity contribution in [1.82, 2.24) is 34.2 Å². The number of hydrogen-bond donors (Lipinski definition) is 1. The molecule has 182 valence electrons. The zero-order chi connectivity index (χ0) is 23.3. The van der Waals surface area contributed by atoms with Crippen molar-refractivity contribution in [3.63, 3.8) is 0 Å². The average molecular weight is 456 g/mol. The summed E-state index contributed by atoms with van der Waals surface area (Å²) in [6, 6.07) is 0.726. The van der Waals surface area contributed by atoms with E-state index in [-0.39, 0.29) is 5.91 Å². The summed E-state index contributed by atoms with van der Waals surface area (Å²) in [5, 5.41) is 0. The number of aryl methyl sites for hydroxylation is 1. The Bertz CT molecular complexity index is 865. The van der Waals surface area contributed by atoms with Crippen LogP contribution in [0, 0.1) is 5.41 Å². The Kier molecular flexibility index (Phi) is 7.86. The van der Waals surface area contributed by atoms with Crippen molar-refractivity contribution in [2.24, 2.45) is 5.41 Å². The molecule has 2 aromatic heterocycles. The van der Waals surface area contributed by atoms with Crippen molar-refractivity contribution in [1.29, 1.82) is 0 Å². The summed E-state index contributed by atoms with van der Waals surface area (Å²) in [4.78, 5) is 32.0. The highest BCUT2D eigenvalue weighted by Gasteiger charge is 2.42. The molecule has 0 aliphatic carbocycles. The van der Waals surface area contributed by atoms with E-state index in [1.165, 1.54) is 45.2 Å². The zero-order valence-electron chi connectivity index (χ0n) is 20.7. The van der Waals surface area contributed by atoms with Crippen LogP contribution in [0.25, 0.3) is 0 Å². The molecule has 4 heterocycles. The summed E-state index contributed by atoms with van der Waals surface area (Å²) < 4.78 is 2.12. The molecule has 2 saturated heterocycles. The SMILES string of the molecule is CCC(CC)N1CCC2(CCN(C(=O)CCn3ccnc3CN(C)Cc3ncc[nH]3)C2)CC1. The standard InChI is InChI=1S/C25H41N7O/c1-4-21(5-2)30-14-7-25(8-15-30)9-16-32(20-25)24(33)6-13-31-17-12-28-23(31)19-29(3)18-22-26-10-11-27-22/h10-12,17,21H,4-9,13-16,18-20H2,1-3H3,(H,26,27). The van der Waals surface area contributed by atoms with Gasteiger partial charge in [0, 0.05) is 56.9 Å². The number of aromatic amines is 1. The molecule has 0 aromatic carbocycles. The van der Waals surface area contributed by atoms with Gasteiger partial charge >= 0.3 is 0 Å². The predicted octanol–water partition coefficient (Wildman–Crippen LogP) is 3.13. The van der Waals surface area contributed by atoms with E-state index in [1.807, 2.05) is 18.6 Å². The number of hydrogen-bond acceptors (Lipinski definition) is 5. The fourth-order valence-corrected chi connectivity index (χ4v) is 5.73. The normalized spacial score (nSPS) is 18.8. The van der Waals surface area contributed by atoms with Gasteiger partial charge in [0.25, 0.3) is 0 Å².